The summed E-state index contributed by atoms with van der Waals surface area (Å²) in [6, 6.07) is 8.42. The van der Waals surface area contributed by atoms with E-state index in [0.717, 1.165) is 0 Å². The average Bonchev–Trinajstić information content (AvgIpc) is 2.48. The Kier molecular flexibility index (Phi) is 4.72. The third kappa shape index (κ3) is 3.82. The van der Waals surface area contributed by atoms with E-state index in [1.807, 2.05) is 0 Å². The molecule has 0 unspecified atom stereocenters. The number of halogens is 1. The third-order valence-corrected chi connectivity index (χ3v) is 2.67. The number of hydrogen-bond acceptors (Lipinski definition) is 3. The SMILES string of the molecule is O=C(Nc1ccc(Cl)cc1)c1cncc(C#CCO)c1. The molecule has 4 nitrogen and oxygen atoms in total. The van der Waals surface area contributed by atoms with Crippen LogP contribution in [0.4, 0.5) is 5.69 Å². The average molecular weight is 287 g/mol. The molecular weight excluding hydrogens is 276 g/mol. The first-order valence-electron chi connectivity index (χ1n) is 5.81. The number of benzene rings is 1. The van der Waals surface area contributed by atoms with Gasteiger partial charge in [0.15, 0.2) is 0 Å². The summed E-state index contributed by atoms with van der Waals surface area (Å²) in [5.41, 5.74) is 1.61. The van der Waals surface area contributed by atoms with Gasteiger partial charge in [0, 0.05) is 28.7 Å². The highest BCUT2D eigenvalue weighted by molar-refractivity contribution is 6.30. The Morgan fingerprint density at radius 3 is 2.75 bits per heavy atom. The Balaban J connectivity index is 2.14. The van der Waals surface area contributed by atoms with Crippen molar-refractivity contribution in [2.45, 2.75) is 0 Å². The quantitative estimate of drug-likeness (QED) is 0.833. The van der Waals surface area contributed by atoms with Crippen molar-refractivity contribution in [3.63, 3.8) is 0 Å². The van der Waals surface area contributed by atoms with Crippen LogP contribution >= 0.6 is 11.6 Å². The number of aliphatic hydroxyl groups excluding tert-OH is 1. The van der Waals surface area contributed by atoms with Crippen LogP contribution in [0.15, 0.2) is 42.7 Å². The Labute approximate surface area is 121 Å². The molecule has 1 amide bonds. The van der Waals surface area contributed by atoms with Crippen molar-refractivity contribution in [3.8, 4) is 11.8 Å². The normalized spacial score (nSPS) is 9.50. The van der Waals surface area contributed by atoms with Crippen LogP contribution in [0.5, 0.6) is 0 Å². The minimum atomic E-state index is -0.285. The Morgan fingerprint density at radius 2 is 2.05 bits per heavy atom. The fourth-order valence-electron chi connectivity index (χ4n) is 1.51. The van der Waals surface area contributed by atoms with E-state index in [2.05, 4.69) is 22.1 Å². The zero-order chi connectivity index (χ0) is 14.4. The fourth-order valence-corrected chi connectivity index (χ4v) is 1.64. The van der Waals surface area contributed by atoms with Gasteiger partial charge in [-0.1, -0.05) is 23.4 Å². The summed E-state index contributed by atoms with van der Waals surface area (Å²) < 4.78 is 0. The van der Waals surface area contributed by atoms with Gasteiger partial charge in [0.2, 0.25) is 0 Å². The van der Waals surface area contributed by atoms with Crippen LogP contribution in [0.1, 0.15) is 15.9 Å². The van der Waals surface area contributed by atoms with Gasteiger partial charge in [-0.2, -0.15) is 0 Å². The lowest BCUT2D eigenvalue weighted by Gasteiger charge is -2.05. The molecule has 2 aromatic rings. The number of anilines is 1. The molecule has 100 valence electrons. The van der Waals surface area contributed by atoms with E-state index in [1.54, 1.807) is 30.3 Å². The predicted molar refractivity (Wildman–Crippen MR) is 77.6 cm³/mol. The summed E-state index contributed by atoms with van der Waals surface area (Å²) in [5.74, 6) is 4.92. The van der Waals surface area contributed by atoms with Gasteiger partial charge in [-0.05, 0) is 30.3 Å². The monoisotopic (exact) mass is 286 g/mol. The zero-order valence-electron chi connectivity index (χ0n) is 10.4. The first-order chi connectivity index (χ1) is 9.69. The zero-order valence-corrected chi connectivity index (χ0v) is 11.2. The van der Waals surface area contributed by atoms with Gasteiger partial charge in [0.1, 0.15) is 6.61 Å². The maximum atomic E-state index is 12.0. The summed E-state index contributed by atoms with van der Waals surface area (Å²) in [4.78, 5) is 16.0. The topological polar surface area (TPSA) is 62.2 Å². The summed E-state index contributed by atoms with van der Waals surface area (Å²) >= 11 is 5.78. The van der Waals surface area contributed by atoms with Crippen molar-refractivity contribution >= 4 is 23.2 Å². The molecule has 1 aromatic heterocycles. The Bertz CT molecular complexity index is 672. The van der Waals surface area contributed by atoms with Gasteiger partial charge in [0.05, 0.1) is 5.56 Å². The van der Waals surface area contributed by atoms with Crippen molar-refractivity contribution in [2.75, 3.05) is 11.9 Å². The molecule has 20 heavy (non-hydrogen) atoms. The molecule has 2 rings (SSSR count). The standard InChI is InChI=1S/C15H11ClN2O2/c16-13-3-5-14(6-4-13)18-15(20)12-8-11(2-1-7-19)9-17-10-12/h3-6,8-10,19H,7H2,(H,18,20). The number of amides is 1. The van der Waals surface area contributed by atoms with Gasteiger partial charge < -0.3 is 10.4 Å². The van der Waals surface area contributed by atoms with Crippen molar-refractivity contribution in [1.82, 2.24) is 4.98 Å². The lowest BCUT2D eigenvalue weighted by Crippen LogP contribution is -2.12. The number of aromatic nitrogens is 1. The van der Waals surface area contributed by atoms with Gasteiger partial charge in [-0.15, -0.1) is 0 Å². The molecule has 1 heterocycles. The maximum Gasteiger partial charge on any atom is 0.257 e. The minimum Gasteiger partial charge on any atom is -0.384 e. The summed E-state index contributed by atoms with van der Waals surface area (Å²) in [6.45, 7) is -0.235. The molecule has 0 aliphatic heterocycles. The van der Waals surface area contributed by atoms with E-state index >= 15 is 0 Å². The van der Waals surface area contributed by atoms with Gasteiger partial charge in [-0.3, -0.25) is 9.78 Å². The maximum absolute atomic E-state index is 12.0. The number of rotatable bonds is 2. The van der Waals surface area contributed by atoms with E-state index in [4.69, 9.17) is 16.7 Å². The molecule has 1 aromatic carbocycles. The predicted octanol–water partition coefficient (Wildman–Crippen LogP) is 2.33. The first kappa shape index (κ1) is 14.1. The van der Waals surface area contributed by atoms with Crippen molar-refractivity contribution in [1.29, 1.82) is 0 Å². The van der Waals surface area contributed by atoms with E-state index in [1.165, 1.54) is 12.4 Å². The van der Waals surface area contributed by atoms with Crippen molar-refractivity contribution in [3.05, 3.63) is 58.9 Å². The van der Waals surface area contributed by atoms with Crippen LogP contribution < -0.4 is 5.32 Å². The molecule has 0 atom stereocenters. The second-order valence-corrected chi connectivity index (χ2v) is 4.32. The highest BCUT2D eigenvalue weighted by Crippen LogP contribution is 2.14. The highest BCUT2D eigenvalue weighted by atomic mass is 35.5. The lowest BCUT2D eigenvalue weighted by atomic mass is 10.2. The molecule has 0 saturated heterocycles. The first-order valence-corrected chi connectivity index (χ1v) is 6.18. The molecule has 0 radical (unpaired) electrons. The third-order valence-electron chi connectivity index (χ3n) is 2.41. The number of pyridine rings is 1. The lowest BCUT2D eigenvalue weighted by molar-refractivity contribution is 0.102. The number of carbonyl (C=O) groups excluding carboxylic acids is 1. The number of hydrogen-bond donors (Lipinski definition) is 2. The second-order valence-electron chi connectivity index (χ2n) is 3.88. The van der Waals surface area contributed by atoms with Gasteiger partial charge in [-0.25, -0.2) is 0 Å². The molecule has 0 bridgehead atoms. The van der Waals surface area contributed by atoms with E-state index < -0.39 is 0 Å². The summed E-state index contributed by atoms with van der Waals surface area (Å²) in [6.07, 6.45) is 2.98. The van der Waals surface area contributed by atoms with Crippen LogP contribution in [0, 0.1) is 11.8 Å². The number of carbonyl (C=O) groups is 1. The summed E-state index contributed by atoms with van der Waals surface area (Å²) in [5, 5.41) is 12.0. The van der Waals surface area contributed by atoms with Crippen molar-refractivity contribution in [2.24, 2.45) is 0 Å². The van der Waals surface area contributed by atoms with E-state index in [0.29, 0.717) is 21.8 Å². The molecule has 0 fully saturated rings. The fraction of sp³-hybridized carbons (Fsp3) is 0.0667. The Hall–Kier alpha value is -2.35. The van der Waals surface area contributed by atoms with E-state index in [9.17, 15) is 4.79 Å². The van der Waals surface area contributed by atoms with Gasteiger partial charge >= 0.3 is 0 Å². The number of nitrogens with one attached hydrogen (secondary N) is 1. The molecule has 5 heteroatoms. The Morgan fingerprint density at radius 1 is 1.30 bits per heavy atom. The molecule has 0 aliphatic rings. The second kappa shape index (κ2) is 6.71. The number of nitrogens with zero attached hydrogens (tertiary/aromatic N) is 1. The smallest absolute Gasteiger partial charge is 0.257 e. The highest BCUT2D eigenvalue weighted by Gasteiger charge is 2.07. The minimum absolute atomic E-state index is 0.235. The molecule has 2 N–H and O–H groups in total. The van der Waals surface area contributed by atoms with Crippen molar-refractivity contribution < 1.29 is 9.90 Å². The number of aliphatic hydroxyl groups is 1. The van der Waals surface area contributed by atoms with Crippen LogP contribution in [-0.2, 0) is 0 Å². The molecule has 0 spiro atoms. The molecule has 0 aliphatic carbocycles. The van der Waals surface area contributed by atoms with Crippen LogP contribution in [0.3, 0.4) is 0 Å². The molecule has 0 saturated carbocycles. The van der Waals surface area contributed by atoms with Crippen LogP contribution in [-0.4, -0.2) is 22.6 Å². The molecular formula is C15H11ClN2O2. The van der Waals surface area contributed by atoms with Crippen LogP contribution in [0.25, 0.3) is 0 Å². The van der Waals surface area contributed by atoms with Gasteiger partial charge in [0.25, 0.3) is 5.91 Å². The van der Waals surface area contributed by atoms with Crippen LogP contribution in [0.2, 0.25) is 5.02 Å². The van der Waals surface area contributed by atoms with E-state index in [-0.39, 0.29) is 12.5 Å². The largest absolute Gasteiger partial charge is 0.384 e. The summed E-state index contributed by atoms with van der Waals surface area (Å²) in [7, 11) is 0.